The lowest BCUT2D eigenvalue weighted by atomic mass is 9.81. The number of hydrogen-bond acceptors (Lipinski definition) is 2. The van der Waals surface area contributed by atoms with Crippen LogP contribution in [0.4, 0.5) is 0 Å². The Labute approximate surface area is 107 Å². The van der Waals surface area contributed by atoms with Gasteiger partial charge in [-0.3, -0.25) is 4.79 Å². The zero-order valence-electron chi connectivity index (χ0n) is 12.6. The van der Waals surface area contributed by atoms with E-state index >= 15 is 0 Å². The van der Waals surface area contributed by atoms with Crippen LogP contribution in [0.3, 0.4) is 0 Å². The van der Waals surface area contributed by atoms with Crippen molar-refractivity contribution >= 4 is 5.91 Å². The second-order valence-corrected chi connectivity index (χ2v) is 6.83. The minimum Gasteiger partial charge on any atom is -0.351 e. The van der Waals surface area contributed by atoms with Crippen LogP contribution in [-0.2, 0) is 4.79 Å². The highest BCUT2D eigenvalue weighted by atomic mass is 16.1. The fraction of sp³-hybridized carbons (Fsp3) is 0.929. The van der Waals surface area contributed by atoms with Crippen molar-refractivity contribution in [3.05, 3.63) is 0 Å². The standard InChI is InChI=1S/C14H30N2O/c1-8-15-11(2)9-12(17)16-14(6,7)10-13(3,4)5/h11,15H,8-10H2,1-7H3,(H,16,17). The van der Waals surface area contributed by atoms with Crippen molar-refractivity contribution in [1.82, 2.24) is 10.6 Å². The minimum atomic E-state index is -0.138. The Morgan fingerprint density at radius 2 is 1.71 bits per heavy atom. The summed E-state index contributed by atoms with van der Waals surface area (Å²) in [7, 11) is 0. The molecule has 1 unspecified atom stereocenters. The zero-order chi connectivity index (χ0) is 13.7. The SMILES string of the molecule is CCNC(C)CC(=O)NC(C)(C)CC(C)(C)C. The summed E-state index contributed by atoms with van der Waals surface area (Å²) in [5.74, 6) is 0.132. The third-order valence-electron chi connectivity index (χ3n) is 2.49. The van der Waals surface area contributed by atoms with Crippen molar-refractivity contribution < 1.29 is 4.79 Å². The molecule has 1 atom stereocenters. The maximum absolute atomic E-state index is 11.9. The molecular formula is C14H30N2O. The van der Waals surface area contributed by atoms with Crippen LogP contribution in [0, 0.1) is 5.41 Å². The van der Waals surface area contributed by atoms with E-state index in [9.17, 15) is 4.79 Å². The molecule has 17 heavy (non-hydrogen) atoms. The molecule has 0 aromatic carbocycles. The van der Waals surface area contributed by atoms with Crippen molar-refractivity contribution in [2.45, 2.75) is 72.9 Å². The lowest BCUT2D eigenvalue weighted by Gasteiger charge is -2.33. The van der Waals surface area contributed by atoms with Crippen LogP contribution in [-0.4, -0.2) is 24.0 Å². The van der Waals surface area contributed by atoms with Crippen molar-refractivity contribution in [3.8, 4) is 0 Å². The first-order valence-electron chi connectivity index (χ1n) is 6.60. The quantitative estimate of drug-likeness (QED) is 0.752. The molecule has 102 valence electrons. The normalized spacial score (nSPS) is 14.5. The van der Waals surface area contributed by atoms with Crippen LogP contribution in [0.15, 0.2) is 0 Å². The van der Waals surface area contributed by atoms with Crippen molar-refractivity contribution in [2.75, 3.05) is 6.54 Å². The predicted octanol–water partition coefficient (Wildman–Crippen LogP) is 2.71. The van der Waals surface area contributed by atoms with Gasteiger partial charge in [-0.15, -0.1) is 0 Å². The average molecular weight is 242 g/mol. The monoisotopic (exact) mass is 242 g/mol. The van der Waals surface area contributed by atoms with Gasteiger partial charge in [-0.05, 0) is 39.2 Å². The lowest BCUT2D eigenvalue weighted by molar-refractivity contribution is -0.123. The number of rotatable bonds is 6. The van der Waals surface area contributed by atoms with Gasteiger partial charge in [-0.1, -0.05) is 27.7 Å². The molecule has 3 nitrogen and oxygen atoms in total. The van der Waals surface area contributed by atoms with E-state index in [4.69, 9.17) is 0 Å². The van der Waals surface area contributed by atoms with Gasteiger partial charge in [-0.2, -0.15) is 0 Å². The minimum absolute atomic E-state index is 0.132. The van der Waals surface area contributed by atoms with E-state index in [1.807, 2.05) is 6.92 Å². The molecule has 2 N–H and O–H groups in total. The van der Waals surface area contributed by atoms with Gasteiger partial charge in [0.15, 0.2) is 0 Å². The second kappa shape index (κ2) is 6.39. The van der Waals surface area contributed by atoms with Gasteiger partial charge in [0.1, 0.15) is 0 Å². The Hall–Kier alpha value is -0.570. The van der Waals surface area contributed by atoms with Crippen molar-refractivity contribution in [1.29, 1.82) is 0 Å². The highest BCUT2D eigenvalue weighted by Crippen LogP contribution is 2.26. The van der Waals surface area contributed by atoms with Crippen molar-refractivity contribution in [2.24, 2.45) is 5.41 Å². The summed E-state index contributed by atoms with van der Waals surface area (Å²) in [6, 6.07) is 0.241. The number of nitrogens with one attached hydrogen (secondary N) is 2. The smallest absolute Gasteiger partial charge is 0.221 e. The summed E-state index contributed by atoms with van der Waals surface area (Å²) in [6.07, 6.45) is 1.52. The molecule has 3 heteroatoms. The lowest BCUT2D eigenvalue weighted by Crippen LogP contribution is -2.47. The van der Waals surface area contributed by atoms with E-state index in [0.717, 1.165) is 13.0 Å². The van der Waals surface area contributed by atoms with Crippen LogP contribution < -0.4 is 10.6 Å². The maximum Gasteiger partial charge on any atom is 0.221 e. The molecule has 0 saturated heterocycles. The molecule has 0 fully saturated rings. The fourth-order valence-corrected chi connectivity index (χ4v) is 2.50. The highest BCUT2D eigenvalue weighted by Gasteiger charge is 2.27. The van der Waals surface area contributed by atoms with Gasteiger partial charge in [0, 0.05) is 18.0 Å². The highest BCUT2D eigenvalue weighted by molar-refractivity contribution is 5.77. The average Bonchev–Trinajstić information content (AvgIpc) is 1.96. The number of carbonyl (C=O) groups is 1. The molecule has 1 amide bonds. The van der Waals surface area contributed by atoms with Gasteiger partial charge in [-0.25, -0.2) is 0 Å². The Balaban J connectivity index is 4.18. The van der Waals surface area contributed by atoms with Crippen LogP contribution in [0.25, 0.3) is 0 Å². The Morgan fingerprint density at radius 1 is 1.18 bits per heavy atom. The van der Waals surface area contributed by atoms with Crippen LogP contribution >= 0.6 is 0 Å². The molecule has 0 spiro atoms. The van der Waals surface area contributed by atoms with Gasteiger partial charge < -0.3 is 10.6 Å². The molecule has 0 saturated carbocycles. The zero-order valence-corrected chi connectivity index (χ0v) is 12.6. The van der Waals surface area contributed by atoms with E-state index in [0.29, 0.717) is 6.42 Å². The number of hydrogen-bond donors (Lipinski definition) is 2. The molecule has 0 aromatic rings. The fourth-order valence-electron chi connectivity index (χ4n) is 2.50. The molecular weight excluding hydrogens is 212 g/mol. The molecule has 0 bridgehead atoms. The van der Waals surface area contributed by atoms with E-state index < -0.39 is 0 Å². The third-order valence-corrected chi connectivity index (χ3v) is 2.49. The molecule has 0 rings (SSSR count). The molecule has 0 aliphatic rings. The first-order chi connectivity index (χ1) is 7.56. The summed E-state index contributed by atoms with van der Waals surface area (Å²) in [5, 5.41) is 6.37. The topological polar surface area (TPSA) is 41.1 Å². The molecule has 0 aliphatic carbocycles. The summed E-state index contributed by atoms with van der Waals surface area (Å²) < 4.78 is 0. The molecule has 0 aliphatic heterocycles. The molecule has 0 radical (unpaired) electrons. The Bertz CT molecular complexity index is 241. The van der Waals surface area contributed by atoms with E-state index in [2.05, 4.69) is 52.2 Å². The van der Waals surface area contributed by atoms with Gasteiger partial charge in [0.2, 0.25) is 5.91 Å². The predicted molar refractivity (Wildman–Crippen MR) is 74.0 cm³/mol. The first-order valence-corrected chi connectivity index (χ1v) is 6.60. The third kappa shape index (κ3) is 9.16. The maximum atomic E-state index is 11.9. The summed E-state index contributed by atoms with van der Waals surface area (Å²) in [4.78, 5) is 11.9. The van der Waals surface area contributed by atoms with Crippen LogP contribution in [0.1, 0.15) is 61.3 Å². The summed E-state index contributed by atoms with van der Waals surface area (Å²) in [5.41, 5.74) is 0.0886. The first kappa shape index (κ1) is 16.4. The van der Waals surface area contributed by atoms with E-state index in [-0.39, 0.29) is 22.9 Å². The van der Waals surface area contributed by atoms with E-state index in [1.165, 1.54) is 0 Å². The summed E-state index contributed by atoms with van der Waals surface area (Å²) in [6.45, 7) is 15.8. The van der Waals surface area contributed by atoms with Crippen molar-refractivity contribution in [3.63, 3.8) is 0 Å². The number of carbonyl (C=O) groups excluding carboxylic acids is 1. The number of amides is 1. The van der Waals surface area contributed by atoms with E-state index in [1.54, 1.807) is 0 Å². The molecule has 0 aromatic heterocycles. The largest absolute Gasteiger partial charge is 0.351 e. The molecule has 0 heterocycles. The van der Waals surface area contributed by atoms with Crippen LogP contribution in [0.5, 0.6) is 0 Å². The van der Waals surface area contributed by atoms with Gasteiger partial charge in [0.05, 0.1) is 0 Å². The Morgan fingerprint density at radius 3 is 2.12 bits per heavy atom. The van der Waals surface area contributed by atoms with Gasteiger partial charge in [0.25, 0.3) is 0 Å². The van der Waals surface area contributed by atoms with Crippen LogP contribution in [0.2, 0.25) is 0 Å². The van der Waals surface area contributed by atoms with Gasteiger partial charge >= 0.3 is 0 Å². The second-order valence-electron chi connectivity index (χ2n) is 6.83. The Kier molecular flexibility index (Phi) is 6.17. The summed E-state index contributed by atoms with van der Waals surface area (Å²) >= 11 is 0.